The van der Waals surface area contributed by atoms with Crippen molar-refractivity contribution in [1.82, 2.24) is 5.32 Å². The van der Waals surface area contributed by atoms with Gasteiger partial charge in [0, 0.05) is 19.0 Å². The molecule has 0 fully saturated rings. The van der Waals surface area contributed by atoms with Crippen LogP contribution < -0.4 is 11.1 Å². The van der Waals surface area contributed by atoms with Gasteiger partial charge in [-0.25, -0.2) is 0 Å². The molecule has 0 saturated heterocycles. The van der Waals surface area contributed by atoms with Gasteiger partial charge < -0.3 is 11.1 Å². The fourth-order valence-electron chi connectivity index (χ4n) is 1.42. The number of nitrogens with two attached hydrogens (primary N) is 1. The molecule has 1 unspecified atom stereocenters. The number of carbonyl (C=O) groups excluding carboxylic acids is 1. The van der Waals surface area contributed by atoms with Crippen LogP contribution in [0.2, 0.25) is 0 Å². The van der Waals surface area contributed by atoms with Crippen molar-refractivity contribution in [2.24, 2.45) is 11.7 Å². The Hall–Kier alpha value is -0.570. The molecule has 0 saturated carbocycles. The van der Waals surface area contributed by atoms with Crippen molar-refractivity contribution in [3.05, 3.63) is 0 Å². The monoisotopic (exact) mass is 214 g/mol. The topological polar surface area (TPSA) is 55.1 Å². The summed E-state index contributed by atoms with van der Waals surface area (Å²) in [5, 5.41) is 2.99. The van der Waals surface area contributed by atoms with Gasteiger partial charge in [-0.05, 0) is 18.8 Å². The van der Waals surface area contributed by atoms with Crippen molar-refractivity contribution in [2.75, 3.05) is 6.54 Å². The fraction of sp³-hybridized carbons (Fsp3) is 0.917. The minimum Gasteiger partial charge on any atom is -0.352 e. The lowest BCUT2D eigenvalue weighted by atomic mass is 10.1. The molecule has 0 aliphatic heterocycles. The molecule has 0 aromatic rings. The highest BCUT2D eigenvalue weighted by atomic mass is 16.1. The van der Waals surface area contributed by atoms with Crippen LogP contribution in [0.15, 0.2) is 0 Å². The molecule has 0 aliphatic carbocycles. The maximum absolute atomic E-state index is 11.5. The molecule has 0 rings (SSSR count). The molecule has 3 N–H and O–H groups in total. The lowest BCUT2D eigenvalue weighted by Crippen LogP contribution is -2.40. The lowest BCUT2D eigenvalue weighted by Gasteiger charge is -2.16. The molecule has 3 nitrogen and oxygen atoms in total. The van der Waals surface area contributed by atoms with Gasteiger partial charge in [0.05, 0.1) is 0 Å². The average Bonchev–Trinajstić information content (AvgIpc) is 2.21. The number of hydrogen-bond acceptors (Lipinski definition) is 2. The van der Waals surface area contributed by atoms with E-state index in [1.165, 1.54) is 0 Å². The van der Waals surface area contributed by atoms with Gasteiger partial charge in [0.25, 0.3) is 0 Å². The molecule has 15 heavy (non-hydrogen) atoms. The maximum atomic E-state index is 11.5. The Bertz CT molecular complexity index is 169. The van der Waals surface area contributed by atoms with Gasteiger partial charge >= 0.3 is 0 Å². The predicted octanol–water partition coefficient (Wildman–Crippen LogP) is 2.06. The molecule has 1 amide bonds. The van der Waals surface area contributed by atoms with Crippen molar-refractivity contribution in [1.29, 1.82) is 0 Å². The first kappa shape index (κ1) is 14.4. The van der Waals surface area contributed by atoms with E-state index in [1.54, 1.807) is 0 Å². The summed E-state index contributed by atoms with van der Waals surface area (Å²) in [5.41, 5.74) is 5.60. The van der Waals surface area contributed by atoms with Crippen LogP contribution in [0.3, 0.4) is 0 Å². The van der Waals surface area contributed by atoms with Crippen molar-refractivity contribution >= 4 is 5.91 Å². The third-order valence-corrected chi connectivity index (χ3v) is 2.50. The molecule has 0 aromatic heterocycles. The van der Waals surface area contributed by atoms with Gasteiger partial charge in [0.15, 0.2) is 0 Å². The van der Waals surface area contributed by atoms with E-state index >= 15 is 0 Å². The summed E-state index contributed by atoms with van der Waals surface area (Å²) in [6.07, 6.45) is 4.86. The van der Waals surface area contributed by atoms with Crippen LogP contribution in [-0.2, 0) is 4.79 Å². The SMILES string of the molecule is CCCCC(CN)NC(=O)CCC(C)C. The quantitative estimate of drug-likeness (QED) is 0.650. The van der Waals surface area contributed by atoms with Crippen LogP contribution >= 0.6 is 0 Å². The number of carbonyl (C=O) groups is 1. The summed E-state index contributed by atoms with van der Waals surface area (Å²) in [5.74, 6) is 0.734. The summed E-state index contributed by atoms with van der Waals surface area (Å²) in [6.45, 7) is 6.96. The van der Waals surface area contributed by atoms with Gasteiger partial charge in [0.1, 0.15) is 0 Å². The van der Waals surface area contributed by atoms with E-state index in [4.69, 9.17) is 5.73 Å². The molecule has 0 aromatic carbocycles. The van der Waals surface area contributed by atoms with Gasteiger partial charge in [-0.1, -0.05) is 33.6 Å². The van der Waals surface area contributed by atoms with Gasteiger partial charge in [-0.2, -0.15) is 0 Å². The molecule has 90 valence electrons. The third-order valence-electron chi connectivity index (χ3n) is 2.50. The van der Waals surface area contributed by atoms with Crippen molar-refractivity contribution < 1.29 is 4.79 Å². The van der Waals surface area contributed by atoms with E-state index in [0.717, 1.165) is 25.7 Å². The van der Waals surface area contributed by atoms with Crippen LogP contribution in [0.25, 0.3) is 0 Å². The van der Waals surface area contributed by atoms with Crippen molar-refractivity contribution in [3.8, 4) is 0 Å². The highest BCUT2D eigenvalue weighted by Gasteiger charge is 2.10. The first-order chi connectivity index (χ1) is 7.10. The van der Waals surface area contributed by atoms with E-state index in [9.17, 15) is 4.79 Å². The third kappa shape index (κ3) is 8.43. The zero-order chi connectivity index (χ0) is 11.7. The molecule has 1 atom stereocenters. The summed E-state index contributed by atoms with van der Waals surface area (Å²) in [4.78, 5) is 11.5. The van der Waals surface area contributed by atoms with Crippen LogP contribution in [-0.4, -0.2) is 18.5 Å². The minimum atomic E-state index is 0.148. The molecule has 0 radical (unpaired) electrons. The Morgan fingerprint density at radius 3 is 2.47 bits per heavy atom. The van der Waals surface area contributed by atoms with Crippen LogP contribution in [0.1, 0.15) is 52.9 Å². The molecular formula is C12H26N2O. The maximum Gasteiger partial charge on any atom is 0.220 e. The molecule has 0 bridgehead atoms. The second-order valence-corrected chi connectivity index (χ2v) is 4.57. The van der Waals surface area contributed by atoms with Crippen LogP contribution in [0, 0.1) is 5.92 Å². The van der Waals surface area contributed by atoms with Crippen LogP contribution in [0.4, 0.5) is 0 Å². The molecule has 0 spiro atoms. The summed E-state index contributed by atoms with van der Waals surface area (Å²) in [6, 6.07) is 0.171. The summed E-state index contributed by atoms with van der Waals surface area (Å²) in [7, 11) is 0. The van der Waals surface area contributed by atoms with Crippen molar-refractivity contribution in [2.45, 2.75) is 58.9 Å². The smallest absolute Gasteiger partial charge is 0.220 e. The number of nitrogens with one attached hydrogen (secondary N) is 1. The normalized spacial score (nSPS) is 12.9. The standard InChI is InChI=1S/C12H26N2O/c1-4-5-6-11(9-13)14-12(15)8-7-10(2)3/h10-11H,4-9,13H2,1-3H3,(H,14,15). The average molecular weight is 214 g/mol. The Morgan fingerprint density at radius 2 is 2.00 bits per heavy atom. The van der Waals surface area contributed by atoms with E-state index in [0.29, 0.717) is 18.9 Å². The summed E-state index contributed by atoms with van der Waals surface area (Å²) >= 11 is 0. The predicted molar refractivity (Wildman–Crippen MR) is 64.6 cm³/mol. The second kappa shape index (κ2) is 8.72. The number of hydrogen-bond donors (Lipinski definition) is 2. The number of amides is 1. The molecule has 0 aliphatic rings. The number of unbranched alkanes of at least 4 members (excludes halogenated alkanes) is 1. The van der Waals surface area contributed by atoms with E-state index < -0.39 is 0 Å². The minimum absolute atomic E-state index is 0.148. The Morgan fingerprint density at radius 1 is 1.33 bits per heavy atom. The first-order valence-electron chi connectivity index (χ1n) is 6.09. The van der Waals surface area contributed by atoms with Gasteiger partial charge in [-0.15, -0.1) is 0 Å². The van der Waals surface area contributed by atoms with E-state index in [-0.39, 0.29) is 11.9 Å². The van der Waals surface area contributed by atoms with Crippen LogP contribution in [0.5, 0.6) is 0 Å². The molecule has 3 heteroatoms. The summed E-state index contributed by atoms with van der Waals surface area (Å²) < 4.78 is 0. The first-order valence-corrected chi connectivity index (χ1v) is 6.09. The Labute approximate surface area is 93.8 Å². The zero-order valence-corrected chi connectivity index (χ0v) is 10.4. The Balaban J connectivity index is 3.70. The van der Waals surface area contributed by atoms with E-state index in [2.05, 4.69) is 26.1 Å². The highest BCUT2D eigenvalue weighted by molar-refractivity contribution is 5.76. The highest BCUT2D eigenvalue weighted by Crippen LogP contribution is 2.04. The van der Waals surface area contributed by atoms with Gasteiger partial charge in [0.2, 0.25) is 5.91 Å². The van der Waals surface area contributed by atoms with E-state index in [1.807, 2.05) is 0 Å². The lowest BCUT2D eigenvalue weighted by molar-refractivity contribution is -0.122. The second-order valence-electron chi connectivity index (χ2n) is 4.57. The zero-order valence-electron chi connectivity index (χ0n) is 10.4. The molecule has 0 heterocycles. The van der Waals surface area contributed by atoms with Crippen molar-refractivity contribution in [3.63, 3.8) is 0 Å². The van der Waals surface area contributed by atoms with Gasteiger partial charge in [-0.3, -0.25) is 4.79 Å². The Kier molecular flexibility index (Phi) is 8.38. The fourth-order valence-corrected chi connectivity index (χ4v) is 1.42. The molecular weight excluding hydrogens is 188 g/mol. The number of rotatable bonds is 8. The largest absolute Gasteiger partial charge is 0.352 e.